The number of rotatable bonds is 5. The maximum absolute atomic E-state index is 14.2. The molecule has 2 aromatic rings. The number of hydrogen-bond donors (Lipinski definition) is 4. The average molecular weight is 393 g/mol. The zero-order chi connectivity index (χ0) is 20.4. The van der Waals surface area contributed by atoms with Gasteiger partial charge in [-0.3, -0.25) is 10.2 Å². The van der Waals surface area contributed by atoms with Crippen LogP contribution in [0.2, 0.25) is 0 Å². The van der Waals surface area contributed by atoms with Gasteiger partial charge in [-0.2, -0.15) is 0 Å². The fourth-order valence-electron chi connectivity index (χ4n) is 3.26. The number of nitrogens with one attached hydrogen (secondary N) is 2. The summed E-state index contributed by atoms with van der Waals surface area (Å²) in [6.07, 6.45) is 2.92. The van der Waals surface area contributed by atoms with Crippen LogP contribution in [0.5, 0.6) is 0 Å². The molecule has 0 bridgehead atoms. The van der Waals surface area contributed by atoms with E-state index in [-0.39, 0.29) is 29.7 Å². The zero-order valence-corrected chi connectivity index (χ0v) is 14.7. The molecule has 0 spiro atoms. The summed E-state index contributed by atoms with van der Waals surface area (Å²) < 4.78 is 41.9. The second-order valence-corrected chi connectivity index (χ2v) is 6.65. The summed E-state index contributed by atoms with van der Waals surface area (Å²) in [7, 11) is 0. The van der Waals surface area contributed by atoms with Gasteiger partial charge >= 0.3 is 5.97 Å². The molecule has 1 saturated carbocycles. The Morgan fingerprint density at radius 3 is 2.71 bits per heavy atom. The van der Waals surface area contributed by atoms with Crippen LogP contribution in [0.3, 0.4) is 0 Å². The Morgan fingerprint density at radius 1 is 1.25 bits per heavy atom. The van der Waals surface area contributed by atoms with Crippen molar-refractivity contribution in [2.75, 3.05) is 11.1 Å². The van der Waals surface area contributed by atoms with E-state index in [0.717, 1.165) is 12.3 Å². The number of nitrogens with zero attached hydrogens (tertiary/aromatic N) is 2. The molecule has 2 atom stereocenters. The first-order valence-electron chi connectivity index (χ1n) is 8.62. The molecule has 0 aliphatic heterocycles. The third-order valence-electron chi connectivity index (χ3n) is 4.69. The minimum Gasteiger partial charge on any atom is -0.481 e. The van der Waals surface area contributed by atoms with Crippen molar-refractivity contribution < 1.29 is 23.1 Å². The van der Waals surface area contributed by atoms with Gasteiger partial charge in [0.2, 0.25) is 0 Å². The van der Waals surface area contributed by atoms with Crippen molar-refractivity contribution in [3.05, 3.63) is 47.0 Å². The third kappa shape index (κ3) is 4.05. The number of hydrogen-bond acceptors (Lipinski definition) is 6. The van der Waals surface area contributed by atoms with E-state index in [1.807, 2.05) is 0 Å². The molecular weight excluding hydrogens is 375 g/mol. The lowest BCUT2D eigenvalue weighted by molar-refractivity contribution is -0.142. The molecule has 0 amide bonds. The van der Waals surface area contributed by atoms with Crippen molar-refractivity contribution >= 4 is 23.3 Å². The lowest BCUT2D eigenvalue weighted by atomic mass is 9.86. The molecule has 1 unspecified atom stereocenters. The van der Waals surface area contributed by atoms with Gasteiger partial charge in [0.25, 0.3) is 0 Å². The standard InChI is InChI=1S/C18H18F3N5O2/c19-9-5-11(16(23)24-7-9)14(22)15-12(20)6-13(21)17(26-15)25-10-3-1-2-8(4-10)18(27)28/h5-8,10,22H,1-4H2,(H2,23,24)(H,25,26)(H,27,28)/t8-,10?/m1/s1. The summed E-state index contributed by atoms with van der Waals surface area (Å²) in [4.78, 5) is 18.6. The van der Waals surface area contributed by atoms with Gasteiger partial charge in [0.15, 0.2) is 17.5 Å². The number of carboxylic acids is 1. The Balaban J connectivity index is 1.89. The van der Waals surface area contributed by atoms with Crippen LogP contribution in [0.1, 0.15) is 36.9 Å². The summed E-state index contributed by atoms with van der Waals surface area (Å²) in [5, 5.41) is 20.1. The van der Waals surface area contributed by atoms with Gasteiger partial charge in [-0.05, 0) is 25.3 Å². The van der Waals surface area contributed by atoms with E-state index in [1.54, 1.807) is 0 Å². The molecule has 2 heterocycles. The van der Waals surface area contributed by atoms with Crippen LogP contribution in [0.25, 0.3) is 0 Å². The minimum absolute atomic E-state index is 0.174. The summed E-state index contributed by atoms with van der Waals surface area (Å²) in [5.41, 5.74) is 4.39. The minimum atomic E-state index is -1.11. The van der Waals surface area contributed by atoms with Gasteiger partial charge < -0.3 is 16.2 Å². The van der Waals surface area contributed by atoms with Crippen LogP contribution in [0, 0.1) is 28.8 Å². The Labute approximate surface area is 158 Å². The number of aliphatic carboxylic acids is 1. The monoisotopic (exact) mass is 393 g/mol. The van der Waals surface area contributed by atoms with Crippen molar-refractivity contribution in [3.8, 4) is 0 Å². The first kappa shape index (κ1) is 19.6. The topological polar surface area (TPSA) is 125 Å². The highest BCUT2D eigenvalue weighted by molar-refractivity contribution is 6.12. The molecule has 1 aliphatic carbocycles. The molecule has 2 aromatic heterocycles. The van der Waals surface area contributed by atoms with Gasteiger partial charge in [0.1, 0.15) is 17.3 Å². The number of nitrogens with two attached hydrogens (primary N) is 1. The highest BCUT2D eigenvalue weighted by Crippen LogP contribution is 2.28. The number of anilines is 2. The highest BCUT2D eigenvalue weighted by Gasteiger charge is 2.28. The second-order valence-electron chi connectivity index (χ2n) is 6.65. The molecular formula is C18H18F3N5O2. The number of halogens is 3. The fourth-order valence-corrected chi connectivity index (χ4v) is 3.26. The SMILES string of the molecule is N=C(c1cc(F)cnc1N)c1nc(NC2CCC[C@@H](C(=O)O)C2)c(F)cc1F. The molecule has 5 N–H and O–H groups in total. The van der Waals surface area contributed by atoms with Crippen molar-refractivity contribution in [2.45, 2.75) is 31.7 Å². The molecule has 1 fully saturated rings. The average Bonchev–Trinajstić information content (AvgIpc) is 2.65. The van der Waals surface area contributed by atoms with E-state index < -0.39 is 40.7 Å². The number of carboxylic acid groups (broad SMARTS) is 1. The van der Waals surface area contributed by atoms with E-state index in [0.29, 0.717) is 25.3 Å². The van der Waals surface area contributed by atoms with E-state index in [2.05, 4.69) is 15.3 Å². The summed E-state index contributed by atoms with van der Waals surface area (Å²) in [6.45, 7) is 0. The van der Waals surface area contributed by atoms with Crippen molar-refractivity contribution in [1.82, 2.24) is 9.97 Å². The van der Waals surface area contributed by atoms with E-state index in [4.69, 9.17) is 16.2 Å². The lowest BCUT2D eigenvalue weighted by Gasteiger charge is -2.28. The Bertz CT molecular complexity index is 938. The van der Waals surface area contributed by atoms with Crippen LogP contribution in [-0.2, 0) is 4.79 Å². The molecule has 0 radical (unpaired) electrons. The van der Waals surface area contributed by atoms with E-state index in [1.165, 1.54) is 0 Å². The molecule has 0 aromatic carbocycles. The summed E-state index contributed by atoms with van der Waals surface area (Å²) >= 11 is 0. The maximum atomic E-state index is 14.2. The largest absolute Gasteiger partial charge is 0.481 e. The molecule has 7 nitrogen and oxygen atoms in total. The third-order valence-corrected chi connectivity index (χ3v) is 4.69. The number of pyridine rings is 2. The van der Waals surface area contributed by atoms with Crippen molar-refractivity contribution in [3.63, 3.8) is 0 Å². The van der Waals surface area contributed by atoms with Crippen LogP contribution < -0.4 is 11.1 Å². The van der Waals surface area contributed by atoms with Gasteiger partial charge in [-0.1, -0.05) is 6.42 Å². The fraction of sp³-hybridized carbons (Fsp3) is 0.333. The Morgan fingerprint density at radius 2 is 2.00 bits per heavy atom. The normalized spacial score (nSPS) is 19.2. The molecule has 3 rings (SSSR count). The smallest absolute Gasteiger partial charge is 0.306 e. The van der Waals surface area contributed by atoms with Gasteiger partial charge in [0, 0.05) is 17.7 Å². The van der Waals surface area contributed by atoms with Gasteiger partial charge in [0.05, 0.1) is 17.8 Å². The number of nitrogen functional groups attached to an aromatic ring is 1. The predicted molar refractivity (Wildman–Crippen MR) is 95.7 cm³/mol. The van der Waals surface area contributed by atoms with E-state index >= 15 is 0 Å². The quantitative estimate of drug-likeness (QED) is 0.579. The molecule has 0 saturated heterocycles. The molecule has 148 valence electrons. The van der Waals surface area contributed by atoms with Crippen molar-refractivity contribution in [2.24, 2.45) is 5.92 Å². The summed E-state index contributed by atoms with van der Waals surface area (Å²) in [5.74, 6) is -4.82. The highest BCUT2D eigenvalue weighted by atomic mass is 19.1. The molecule has 10 heteroatoms. The van der Waals surface area contributed by atoms with Crippen LogP contribution in [0.15, 0.2) is 18.3 Å². The number of aromatic nitrogens is 2. The predicted octanol–water partition coefficient (Wildman–Crippen LogP) is 2.95. The second kappa shape index (κ2) is 7.83. The Hall–Kier alpha value is -3.17. The van der Waals surface area contributed by atoms with E-state index in [9.17, 15) is 18.0 Å². The first-order valence-corrected chi connectivity index (χ1v) is 8.62. The van der Waals surface area contributed by atoms with Crippen LogP contribution >= 0.6 is 0 Å². The van der Waals surface area contributed by atoms with Crippen LogP contribution in [-0.4, -0.2) is 32.8 Å². The zero-order valence-electron chi connectivity index (χ0n) is 14.7. The Kier molecular flexibility index (Phi) is 5.48. The first-order chi connectivity index (χ1) is 13.3. The maximum Gasteiger partial charge on any atom is 0.306 e. The van der Waals surface area contributed by atoms with Crippen molar-refractivity contribution in [1.29, 1.82) is 5.41 Å². The number of carbonyl (C=O) groups is 1. The molecule has 1 aliphatic rings. The van der Waals surface area contributed by atoms with Crippen LogP contribution in [0.4, 0.5) is 24.8 Å². The van der Waals surface area contributed by atoms with Gasteiger partial charge in [-0.15, -0.1) is 0 Å². The molecule has 28 heavy (non-hydrogen) atoms. The van der Waals surface area contributed by atoms with Gasteiger partial charge in [-0.25, -0.2) is 23.1 Å². The summed E-state index contributed by atoms with van der Waals surface area (Å²) in [6, 6.07) is 1.13. The lowest BCUT2D eigenvalue weighted by Crippen LogP contribution is -2.31.